The molecule has 174 valence electrons. The van der Waals surface area contributed by atoms with Crippen LogP contribution in [0.15, 0.2) is 42.5 Å². The Morgan fingerprint density at radius 3 is 1.41 bits per heavy atom. The third-order valence-electron chi connectivity index (χ3n) is 10.7. The van der Waals surface area contributed by atoms with Crippen LogP contribution in [0.2, 0.25) is 0 Å². The molecule has 6 aliphatic rings. The van der Waals surface area contributed by atoms with Gasteiger partial charge in [-0.3, -0.25) is 9.97 Å². The second-order valence-corrected chi connectivity index (χ2v) is 12.8. The molecule has 34 heavy (non-hydrogen) atoms. The summed E-state index contributed by atoms with van der Waals surface area (Å²) in [4.78, 5) is 15.4. The van der Waals surface area contributed by atoms with Crippen LogP contribution in [0.4, 0.5) is 0 Å². The quantitative estimate of drug-likeness (QED) is 0.402. The van der Waals surface area contributed by atoms with Crippen LogP contribution in [0, 0.1) is 22.7 Å². The number of hydrogen-bond donors (Lipinski definition) is 0. The lowest BCUT2D eigenvalue weighted by Gasteiger charge is -2.59. The maximum atomic E-state index is 5.18. The van der Waals surface area contributed by atoms with E-state index in [0.717, 1.165) is 34.6 Å². The van der Waals surface area contributed by atoms with Crippen molar-refractivity contribution in [3.63, 3.8) is 0 Å². The first-order valence-corrected chi connectivity index (χ1v) is 13.2. The highest BCUT2D eigenvalue weighted by Crippen LogP contribution is 2.67. The summed E-state index contributed by atoms with van der Waals surface area (Å²) in [6.45, 7) is 14.5. The van der Waals surface area contributed by atoms with Gasteiger partial charge in [-0.05, 0) is 82.7 Å². The van der Waals surface area contributed by atoms with Gasteiger partial charge in [0.1, 0.15) is 0 Å². The highest BCUT2D eigenvalue weighted by molar-refractivity contribution is 5.63. The van der Waals surface area contributed by atoms with Gasteiger partial charge in [0.25, 0.3) is 0 Å². The Hall–Kier alpha value is -2.55. The van der Waals surface area contributed by atoms with Gasteiger partial charge in [-0.1, -0.05) is 59.7 Å². The van der Waals surface area contributed by atoms with Gasteiger partial charge in [0.15, 0.2) is 0 Å². The van der Waals surface area contributed by atoms with Crippen molar-refractivity contribution in [3.05, 3.63) is 65.0 Å². The van der Waals surface area contributed by atoms with Gasteiger partial charge >= 0.3 is 0 Å². The summed E-state index contributed by atoms with van der Waals surface area (Å²) in [5.74, 6) is 3.81. The van der Waals surface area contributed by atoms with E-state index in [1.165, 1.54) is 35.4 Å². The summed E-state index contributed by atoms with van der Waals surface area (Å²) in [7, 11) is 0. The maximum absolute atomic E-state index is 5.18. The number of rotatable bonds is 2. The third-order valence-corrected chi connectivity index (χ3v) is 10.7. The Bertz CT molecular complexity index is 1240. The largest absolute Gasteiger partial charge is 0.251 e. The summed E-state index contributed by atoms with van der Waals surface area (Å²) >= 11 is 0. The van der Waals surface area contributed by atoms with Crippen molar-refractivity contribution in [1.82, 2.24) is 15.0 Å². The summed E-state index contributed by atoms with van der Waals surface area (Å²) in [6, 6.07) is 15.3. The van der Waals surface area contributed by atoms with Crippen LogP contribution in [0.5, 0.6) is 0 Å². The molecule has 0 spiro atoms. The van der Waals surface area contributed by atoms with E-state index in [4.69, 9.17) is 15.0 Å². The van der Waals surface area contributed by atoms with Crippen molar-refractivity contribution >= 4 is 0 Å². The Morgan fingerprint density at radius 2 is 1.00 bits per heavy atom. The van der Waals surface area contributed by atoms with Crippen LogP contribution in [-0.2, 0) is 0 Å². The number of pyridine rings is 3. The van der Waals surface area contributed by atoms with Crippen LogP contribution in [0.3, 0.4) is 0 Å². The van der Waals surface area contributed by atoms with E-state index >= 15 is 0 Å². The molecular formula is C31H35N3. The smallest absolute Gasteiger partial charge is 0.0894 e. The van der Waals surface area contributed by atoms with E-state index in [1.54, 1.807) is 0 Å². The van der Waals surface area contributed by atoms with Gasteiger partial charge in [0, 0.05) is 23.2 Å². The normalized spacial score (nSPS) is 33.2. The average molecular weight is 450 g/mol. The predicted octanol–water partition coefficient (Wildman–Crippen LogP) is 7.70. The molecule has 3 heterocycles. The lowest BCUT2D eigenvalue weighted by atomic mass is 9.45. The molecule has 0 unspecified atom stereocenters. The number of hydrogen-bond acceptors (Lipinski definition) is 3. The van der Waals surface area contributed by atoms with Gasteiger partial charge in [0.2, 0.25) is 0 Å². The van der Waals surface area contributed by atoms with Crippen molar-refractivity contribution in [1.29, 1.82) is 0 Å². The zero-order chi connectivity index (χ0) is 23.6. The molecule has 2 saturated carbocycles. The minimum absolute atomic E-state index is 0.402. The van der Waals surface area contributed by atoms with E-state index < -0.39 is 0 Å². The average Bonchev–Trinajstić information content (AvgIpc) is 2.83. The molecule has 0 aliphatic heterocycles. The highest BCUT2D eigenvalue weighted by Gasteiger charge is 2.57. The van der Waals surface area contributed by atoms with Crippen LogP contribution in [0.1, 0.15) is 101 Å². The molecular weight excluding hydrogens is 414 g/mol. The van der Waals surface area contributed by atoms with E-state index in [1.807, 2.05) is 0 Å². The number of nitrogens with zero attached hydrogens (tertiary/aromatic N) is 3. The maximum Gasteiger partial charge on any atom is 0.0894 e. The summed E-state index contributed by atoms with van der Waals surface area (Å²) < 4.78 is 0. The summed E-state index contributed by atoms with van der Waals surface area (Å²) in [5, 5.41) is 0. The van der Waals surface area contributed by atoms with Crippen LogP contribution < -0.4 is 0 Å². The Balaban J connectivity index is 1.25. The lowest BCUT2D eigenvalue weighted by molar-refractivity contribution is -0.00275. The van der Waals surface area contributed by atoms with Crippen molar-refractivity contribution < 1.29 is 0 Å². The third kappa shape index (κ3) is 2.51. The summed E-state index contributed by atoms with van der Waals surface area (Å²) in [5.41, 5.74) is 10.2. The zero-order valence-corrected chi connectivity index (χ0v) is 21.3. The molecule has 3 aromatic heterocycles. The van der Waals surface area contributed by atoms with Crippen LogP contribution in [-0.4, -0.2) is 15.0 Å². The van der Waals surface area contributed by atoms with Gasteiger partial charge < -0.3 is 0 Å². The molecule has 4 bridgehead atoms. The van der Waals surface area contributed by atoms with Crippen molar-refractivity contribution in [2.75, 3.05) is 0 Å². The minimum atomic E-state index is 0.402. The Labute approximate surface area is 203 Å². The predicted molar refractivity (Wildman–Crippen MR) is 137 cm³/mol. The fourth-order valence-electron chi connectivity index (χ4n) is 8.35. The first-order chi connectivity index (χ1) is 16.2. The van der Waals surface area contributed by atoms with Crippen molar-refractivity contribution in [2.24, 2.45) is 22.7 Å². The van der Waals surface area contributed by atoms with E-state index in [2.05, 4.69) is 84.0 Å². The van der Waals surface area contributed by atoms with Crippen LogP contribution >= 0.6 is 0 Å². The molecule has 0 amide bonds. The van der Waals surface area contributed by atoms with E-state index in [-0.39, 0.29) is 0 Å². The molecule has 0 aromatic carbocycles. The molecule has 3 heteroatoms. The molecule has 0 N–H and O–H groups in total. The molecule has 0 saturated heterocycles. The monoisotopic (exact) mass is 449 g/mol. The van der Waals surface area contributed by atoms with Gasteiger partial charge in [-0.2, -0.15) is 0 Å². The van der Waals surface area contributed by atoms with Gasteiger partial charge in [0.05, 0.1) is 22.8 Å². The molecule has 9 rings (SSSR count). The van der Waals surface area contributed by atoms with E-state index in [9.17, 15) is 0 Å². The molecule has 0 radical (unpaired) electrons. The first kappa shape index (κ1) is 20.8. The summed E-state index contributed by atoms with van der Waals surface area (Å²) in [6.07, 6.45) is 2.63. The SMILES string of the molecule is C[C@@H]1c2nc(-c3cccc(-c4ccc5c(n4)[C@@H](C)[C@H]4C[C@@H]5C4(C)C)n3)ccc2[C@@H]2C[C@H]1C2(C)C. The second-order valence-electron chi connectivity index (χ2n) is 12.8. The highest BCUT2D eigenvalue weighted by atomic mass is 14.9. The van der Waals surface area contributed by atoms with Gasteiger partial charge in [-0.15, -0.1) is 0 Å². The molecule has 3 nitrogen and oxygen atoms in total. The minimum Gasteiger partial charge on any atom is -0.251 e. The van der Waals surface area contributed by atoms with E-state index in [0.29, 0.717) is 34.5 Å². The van der Waals surface area contributed by atoms with Crippen molar-refractivity contribution in [2.45, 2.75) is 78.1 Å². The Kier molecular flexibility index (Phi) is 4.01. The molecule has 6 aliphatic carbocycles. The zero-order valence-electron chi connectivity index (χ0n) is 21.3. The first-order valence-electron chi connectivity index (χ1n) is 13.2. The van der Waals surface area contributed by atoms with Crippen LogP contribution in [0.25, 0.3) is 22.8 Å². The molecule has 3 aromatic rings. The standard InChI is InChI=1S/C31H35N3/c1-16-20-14-22(30(20,3)4)18-10-12-26(33-28(16)18)24-8-7-9-25(32-24)27-13-11-19-23-15-21(31(23,5)6)17(2)29(19)34-27/h7-13,16-17,20-23H,14-15H2,1-6H3/t16-,17-,20+,21+,22-,23-/m0/s1. The number of aromatic nitrogens is 3. The Morgan fingerprint density at radius 1 is 0.588 bits per heavy atom. The van der Waals surface area contributed by atoms with Gasteiger partial charge in [-0.25, -0.2) is 4.98 Å². The fraction of sp³-hybridized carbons (Fsp3) is 0.516. The molecule has 2 fully saturated rings. The lowest BCUT2D eigenvalue weighted by Crippen LogP contribution is -2.50. The van der Waals surface area contributed by atoms with Crippen molar-refractivity contribution in [3.8, 4) is 22.8 Å². The topological polar surface area (TPSA) is 38.7 Å². The second kappa shape index (κ2) is 6.56. The molecule has 6 atom stereocenters. The fourth-order valence-corrected chi connectivity index (χ4v) is 8.35.